The zero-order valence-electron chi connectivity index (χ0n) is 19.9. The average Bonchev–Trinajstić information content (AvgIpc) is 2.70. The van der Waals surface area contributed by atoms with Crippen LogP contribution >= 0.6 is 0 Å². The number of carboxylic acid groups (broad SMARTS) is 1. The van der Waals surface area contributed by atoms with Gasteiger partial charge in [-0.05, 0) is 25.7 Å². The molecule has 1 atom stereocenters. The third kappa shape index (κ3) is 23.4. The van der Waals surface area contributed by atoms with E-state index in [4.69, 9.17) is 9.84 Å². The van der Waals surface area contributed by atoms with E-state index < -0.39 is 6.16 Å². The zero-order valence-corrected chi connectivity index (χ0v) is 19.9. The lowest BCUT2D eigenvalue weighted by molar-refractivity contribution is 0.0422. The smallest absolute Gasteiger partial charge is 0.450 e. The quantitative estimate of drug-likeness (QED) is 0.134. The molecule has 0 aliphatic carbocycles. The van der Waals surface area contributed by atoms with Crippen molar-refractivity contribution in [2.45, 2.75) is 161 Å². The van der Waals surface area contributed by atoms with Crippen LogP contribution in [0.25, 0.3) is 0 Å². The molecule has 0 radical (unpaired) electrons. The molecule has 1 N–H and O–H groups in total. The Balaban J connectivity index is 3.42. The van der Waals surface area contributed by atoms with E-state index >= 15 is 0 Å². The van der Waals surface area contributed by atoms with Crippen LogP contribution in [0.2, 0.25) is 0 Å². The molecule has 0 aromatic carbocycles. The van der Waals surface area contributed by atoms with Gasteiger partial charge in [-0.3, -0.25) is 0 Å². The molecule has 0 bridgehead atoms. The summed E-state index contributed by atoms with van der Waals surface area (Å²) < 4.78 is 5.09. The fraction of sp³-hybridized carbons (Fsp3) is 0.962. The maximum absolute atomic E-state index is 10.9. The number of hydrogen-bond donors (Lipinski definition) is 1. The Bertz CT molecular complexity index is 330. The van der Waals surface area contributed by atoms with Gasteiger partial charge in [-0.1, -0.05) is 129 Å². The highest BCUT2D eigenvalue weighted by molar-refractivity contribution is 5.57. The van der Waals surface area contributed by atoms with Crippen LogP contribution in [-0.4, -0.2) is 17.4 Å². The molecule has 3 heteroatoms. The molecule has 3 nitrogen and oxygen atoms in total. The first kappa shape index (κ1) is 28.3. The highest BCUT2D eigenvalue weighted by atomic mass is 16.7. The minimum absolute atomic E-state index is 0.0869. The Labute approximate surface area is 182 Å². The molecule has 0 aromatic heterocycles. The van der Waals surface area contributed by atoms with Gasteiger partial charge in [0.1, 0.15) is 6.10 Å². The van der Waals surface area contributed by atoms with Gasteiger partial charge < -0.3 is 9.84 Å². The van der Waals surface area contributed by atoms with Crippen molar-refractivity contribution < 1.29 is 14.6 Å². The summed E-state index contributed by atoms with van der Waals surface area (Å²) in [5.41, 5.74) is 0. The van der Waals surface area contributed by atoms with Crippen molar-refractivity contribution >= 4 is 6.16 Å². The van der Waals surface area contributed by atoms with Gasteiger partial charge in [-0.15, -0.1) is 0 Å². The van der Waals surface area contributed by atoms with Crippen LogP contribution in [0.3, 0.4) is 0 Å². The van der Waals surface area contributed by atoms with Crippen molar-refractivity contribution in [1.82, 2.24) is 0 Å². The minimum Gasteiger partial charge on any atom is -0.450 e. The second-order valence-corrected chi connectivity index (χ2v) is 8.95. The van der Waals surface area contributed by atoms with E-state index in [0.29, 0.717) is 0 Å². The molecule has 0 saturated carbocycles. The van der Waals surface area contributed by atoms with Crippen LogP contribution in [-0.2, 0) is 4.74 Å². The zero-order chi connectivity index (χ0) is 21.4. The van der Waals surface area contributed by atoms with Crippen molar-refractivity contribution in [1.29, 1.82) is 0 Å². The van der Waals surface area contributed by atoms with Gasteiger partial charge in [-0.2, -0.15) is 0 Å². The SMILES string of the molecule is CCCCCCCCCCCCCCCCCC(CCCCCCC)OC(=O)O. The molecule has 0 rings (SSSR count). The lowest BCUT2D eigenvalue weighted by Gasteiger charge is -2.15. The number of ether oxygens (including phenoxy) is 1. The molecular weight excluding hydrogens is 360 g/mol. The monoisotopic (exact) mass is 412 g/mol. The van der Waals surface area contributed by atoms with E-state index in [0.717, 1.165) is 25.7 Å². The predicted molar refractivity (Wildman–Crippen MR) is 126 cm³/mol. The second-order valence-electron chi connectivity index (χ2n) is 8.95. The second kappa shape index (κ2) is 23.5. The van der Waals surface area contributed by atoms with Crippen molar-refractivity contribution in [3.8, 4) is 0 Å². The van der Waals surface area contributed by atoms with Crippen LogP contribution in [0.5, 0.6) is 0 Å². The van der Waals surface area contributed by atoms with Gasteiger partial charge in [0, 0.05) is 0 Å². The summed E-state index contributed by atoms with van der Waals surface area (Å²) in [6, 6.07) is 0. The molecule has 0 aliphatic rings. The third-order valence-corrected chi connectivity index (χ3v) is 6.03. The third-order valence-electron chi connectivity index (χ3n) is 6.03. The molecule has 0 spiro atoms. The maximum Gasteiger partial charge on any atom is 0.506 e. The molecule has 0 aromatic rings. The van der Waals surface area contributed by atoms with Gasteiger partial charge in [0.2, 0.25) is 0 Å². The standard InChI is InChI=1S/C26H52O3/c1-3-5-7-9-10-11-12-13-14-15-16-17-18-20-22-24-25(29-26(27)28)23-21-19-8-6-4-2/h25H,3-24H2,1-2H3,(H,27,28). The summed E-state index contributed by atoms with van der Waals surface area (Å²) in [6.07, 6.45) is 27.1. The number of rotatable bonds is 23. The summed E-state index contributed by atoms with van der Waals surface area (Å²) in [5, 5.41) is 8.93. The van der Waals surface area contributed by atoms with Crippen LogP contribution < -0.4 is 0 Å². The molecule has 174 valence electrons. The first-order valence-electron chi connectivity index (χ1n) is 13.1. The van der Waals surface area contributed by atoms with Crippen molar-refractivity contribution in [3.05, 3.63) is 0 Å². The topological polar surface area (TPSA) is 46.5 Å². The molecular formula is C26H52O3. The van der Waals surface area contributed by atoms with Crippen molar-refractivity contribution in [2.24, 2.45) is 0 Å². The van der Waals surface area contributed by atoms with E-state index in [9.17, 15) is 4.79 Å². The van der Waals surface area contributed by atoms with E-state index in [1.165, 1.54) is 116 Å². The maximum atomic E-state index is 10.9. The Morgan fingerprint density at radius 3 is 1.10 bits per heavy atom. The van der Waals surface area contributed by atoms with Crippen LogP contribution in [0.15, 0.2) is 0 Å². The van der Waals surface area contributed by atoms with E-state index in [2.05, 4.69) is 13.8 Å². The van der Waals surface area contributed by atoms with Crippen molar-refractivity contribution in [2.75, 3.05) is 0 Å². The lowest BCUT2D eigenvalue weighted by atomic mass is 10.0. The molecule has 29 heavy (non-hydrogen) atoms. The molecule has 0 aliphatic heterocycles. The van der Waals surface area contributed by atoms with Gasteiger partial charge in [0.15, 0.2) is 0 Å². The first-order valence-corrected chi connectivity index (χ1v) is 13.1. The summed E-state index contributed by atoms with van der Waals surface area (Å²) in [7, 11) is 0. The number of carbonyl (C=O) groups is 1. The number of hydrogen-bond acceptors (Lipinski definition) is 2. The van der Waals surface area contributed by atoms with Crippen molar-refractivity contribution in [3.63, 3.8) is 0 Å². The fourth-order valence-electron chi connectivity index (χ4n) is 4.12. The Morgan fingerprint density at radius 1 is 0.552 bits per heavy atom. The van der Waals surface area contributed by atoms with E-state index in [1.54, 1.807) is 0 Å². The highest BCUT2D eigenvalue weighted by Crippen LogP contribution is 2.17. The normalized spacial score (nSPS) is 12.2. The Morgan fingerprint density at radius 2 is 0.828 bits per heavy atom. The predicted octanol–water partition coefficient (Wildman–Crippen LogP) is 9.67. The fourth-order valence-corrected chi connectivity index (χ4v) is 4.12. The van der Waals surface area contributed by atoms with Gasteiger partial charge >= 0.3 is 6.16 Å². The summed E-state index contributed by atoms with van der Waals surface area (Å²) in [6.45, 7) is 4.49. The highest BCUT2D eigenvalue weighted by Gasteiger charge is 2.13. The molecule has 1 unspecified atom stereocenters. The average molecular weight is 413 g/mol. The van der Waals surface area contributed by atoms with E-state index in [-0.39, 0.29) is 6.10 Å². The Hall–Kier alpha value is -0.730. The Kier molecular flexibility index (Phi) is 23.0. The van der Waals surface area contributed by atoms with Crippen LogP contribution in [0.4, 0.5) is 4.79 Å². The van der Waals surface area contributed by atoms with Gasteiger partial charge in [0.05, 0.1) is 0 Å². The van der Waals surface area contributed by atoms with Crippen LogP contribution in [0, 0.1) is 0 Å². The number of unbranched alkanes of at least 4 members (excludes halogenated alkanes) is 18. The summed E-state index contributed by atoms with van der Waals surface area (Å²) in [4.78, 5) is 10.9. The first-order chi connectivity index (χ1) is 14.2. The molecule has 0 saturated heterocycles. The molecule has 0 amide bonds. The molecule has 0 heterocycles. The minimum atomic E-state index is -1.11. The largest absolute Gasteiger partial charge is 0.506 e. The summed E-state index contributed by atoms with van der Waals surface area (Å²) >= 11 is 0. The van der Waals surface area contributed by atoms with Gasteiger partial charge in [0.25, 0.3) is 0 Å². The molecule has 0 fully saturated rings. The lowest BCUT2D eigenvalue weighted by Crippen LogP contribution is -2.16. The van der Waals surface area contributed by atoms with Gasteiger partial charge in [-0.25, -0.2) is 4.79 Å². The van der Waals surface area contributed by atoms with E-state index in [1.807, 2.05) is 0 Å². The summed E-state index contributed by atoms with van der Waals surface area (Å²) in [5.74, 6) is 0. The van der Waals surface area contributed by atoms with Crippen LogP contribution in [0.1, 0.15) is 155 Å².